The van der Waals surface area contributed by atoms with Gasteiger partial charge in [-0.2, -0.15) is 0 Å². The van der Waals surface area contributed by atoms with Gasteiger partial charge in [0.15, 0.2) is 0 Å². The fourth-order valence-corrected chi connectivity index (χ4v) is 1.46. The highest BCUT2D eigenvalue weighted by Crippen LogP contribution is 2.35. The SMILES string of the molecule is COC1(CN=C(N)C(C)(C)C)CCC1. The van der Waals surface area contributed by atoms with Crippen LogP contribution in [0.3, 0.4) is 0 Å². The van der Waals surface area contributed by atoms with Gasteiger partial charge < -0.3 is 10.5 Å². The lowest BCUT2D eigenvalue weighted by atomic mass is 9.80. The molecule has 82 valence electrons. The standard InChI is InChI=1S/C11H22N2O/c1-10(2,3)9(12)13-8-11(14-4)6-5-7-11/h5-8H2,1-4H3,(H2,12,13). The molecular weight excluding hydrogens is 176 g/mol. The van der Waals surface area contributed by atoms with Gasteiger partial charge in [0.2, 0.25) is 0 Å². The van der Waals surface area contributed by atoms with Gasteiger partial charge in [0.1, 0.15) is 0 Å². The van der Waals surface area contributed by atoms with Gasteiger partial charge >= 0.3 is 0 Å². The molecule has 0 atom stereocenters. The van der Waals surface area contributed by atoms with Crippen LogP contribution in [0.15, 0.2) is 4.99 Å². The van der Waals surface area contributed by atoms with E-state index < -0.39 is 0 Å². The van der Waals surface area contributed by atoms with E-state index in [1.165, 1.54) is 6.42 Å². The molecule has 0 unspecified atom stereocenters. The third kappa shape index (κ3) is 2.47. The Balaban J connectivity index is 2.53. The number of nitrogens with two attached hydrogens (primary N) is 1. The molecule has 1 fully saturated rings. The van der Waals surface area contributed by atoms with Crippen molar-refractivity contribution in [3.05, 3.63) is 0 Å². The molecule has 0 aliphatic heterocycles. The van der Waals surface area contributed by atoms with Gasteiger partial charge in [0.25, 0.3) is 0 Å². The maximum atomic E-state index is 5.89. The highest BCUT2D eigenvalue weighted by atomic mass is 16.5. The van der Waals surface area contributed by atoms with E-state index in [2.05, 4.69) is 25.8 Å². The predicted octanol–water partition coefficient (Wildman–Crippen LogP) is 1.96. The van der Waals surface area contributed by atoms with Crippen LogP contribution in [0, 0.1) is 5.41 Å². The quantitative estimate of drug-likeness (QED) is 0.556. The number of hydrogen-bond acceptors (Lipinski definition) is 2. The molecule has 1 aliphatic rings. The first kappa shape index (κ1) is 11.5. The fraction of sp³-hybridized carbons (Fsp3) is 0.909. The number of nitrogens with zero attached hydrogens (tertiary/aromatic N) is 1. The number of ether oxygens (including phenoxy) is 1. The summed E-state index contributed by atoms with van der Waals surface area (Å²) >= 11 is 0. The third-order valence-electron chi connectivity index (χ3n) is 3.00. The van der Waals surface area contributed by atoms with Crippen LogP contribution in [-0.2, 0) is 4.74 Å². The molecule has 0 radical (unpaired) electrons. The number of hydrogen-bond donors (Lipinski definition) is 1. The second-order valence-corrected chi connectivity index (χ2v) is 5.19. The minimum Gasteiger partial charge on any atom is -0.387 e. The van der Waals surface area contributed by atoms with Gasteiger partial charge in [0.05, 0.1) is 18.0 Å². The van der Waals surface area contributed by atoms with Gasteiger partial charge in [-0.15, -0.1) is 0 Å². The van der Waals surface area contributed by atoms with Gasteiger partial charge in [-0.3, -0.25) is 4.99 Å². The summed E-state index contributed by atoms with van der Waals surface area (Å²) in [4.78, 5) is 4.43. The van der Waals surface area contributed by atoms with E-state index in [-0.39, 0.29) is 11.0 Å². The minimum absolute atomic E-state index is 0.00410. The highest BCUT2D eigenvalue weighted by molar-refractivity contribution is 5.85. The topological polar surface area (TPSA) is 47.6 Å². The van der Waals surface area contributed by atoms with Crippen LogP contribution in [0.5, 0.6) is 0 Å². The van der Waals surface area contributed by atoms with E-state index in [1.807, 2.05) is 0 Å². The molecule has 0 aromatic rings. The van der Waals surface area contributed by atoms with E-state index in [0.717, 1.165) is 18.7 Å². The lowest BCUT2D eigenvalue weighted by molar-refractivity contribution is -0.0630. The molecule has 0 heterocycles. The van der Waals surface area contributed by atoms with Crippen molar-refractivity contribution in [3.63, 3.8) is 0 Å². The lowest BCUT2D eigenvalue weighted by Crippen LogP contribution is -2.43. The Labute approximate surface area is 86.7 Å². The van der Waals surface area contributed by atoms with Crippen molar-refractivity contribution in [2.24, 2.45) is 16.1 Å². The Bertz CT molecular complexity index is 218. The van der Waals surface area contributed by atoms with Crippen LogP contribution in [0.1, 0.15) is 40.0 Å². The Morgan fingerprint density at radius 3 is 2.29 bits per heavy atom. The smallest absolute Gasteiger partial charge is 0.0992 e. The number of amidine groups is 1. The molecule has 0 bridgehead atoms. The van der Waals surface area contributed by atoms with Crippen molar-refractivity contribution in [1.29, 1.82) is 0 Å². The Kier molecular flexibility index (Phi) is 3.20. The van der Waals surface area contributed by atoms with E-state index in [9.17, 15) is 0 Å². The second kappa shape index (κ2) is 3.89. The predicted molar refractivity (Wildman–Crippen MR) is 59.5 cm³/mol. The zero-order valence-electron chi connectivity index (χ0n) is 9.76. The molecule has 2 N–H and O–H groups in total. The van der Waals surface area contributed by atoms with E-state index >= 15 is 0 Å². The largest absolute Gasteiger partial charge is 0.387 e. The average molecular weight is 198 g/mol. The first-order valence-corrected chi connectivity index (χ1v) is 5.25. The molecule has 0 spiro atoms. The first-order valence-electron chi connectivity index (χ1n) is 5.25. The van der Waals surface area contributed by atoms with Gasteiger partial charge in [0, 0.05) is 12.5 Å². The average Bonchev–Trinajstić information content (AvgIpc) is 2.01. The molecule has 1 aliphatic carbocycles. The molecule has 0 aromatic heterocycles. The monoisotopic (exact) mass is 198 g/mol. The molecule has 14 heavy (non-hydrogen) atoms. The van der Waals surface area contributed by atoms with Crippen molar-refractivity contribution >= 4 is 5.84 Å². The fourth-order valence-electron chi connectivity index (χ4n) is 1.46. The first-order chi connectivity index (χ1) is 6.40. The number of rotatable bonds is 3. The van der Waals surface area contributed by atoms with Gasteiger partial charge in [-0.05, 0) is 19.3 Å². The number of methoxy groups -OCH3 is 1. The number of aliphatic imine (C=N–C) groups is 1. The molecule has 3 heteroatoms. The maximum absolute atomic E-state index is 5.89. The second-order valence-electron chi connectivity index (χ2n) is 5.19. The molecule has 3 nitrogen and oxygen atoms in total. The normalized spacial score (nSPS) is 21.9. The highest BCUT2D eigenvalue weighted by Gasteiger charge is 2.37. The molecular formula is C11H22N2O. The van der Waals surface area contributed by atoms with Crippen LogP contribution in [0.4, 0.5) is 0 Å². The zero-order valence-corrected chi connectivity index (χ0v) is 9.76. The summed E-state index contributed by atoms with van der Waals surface area (Å²) in [6.45, 7) is 6.94. The summed E-state index contributed by atoms with van der Waals surface area (Å²) in [5.41, 5.74) is 5.85. The van der Waals surface area contributed by atoms with Crippen molar-refractivity contribution in [2.75, 3.05) is 13.7 Å². The summed E-state index contributed by atoms with van der Waals surface area (Å²) in [6.07, 6.45) is 3.48. The Morgan fingerprint density at radius 2 is 2.00 bits per heavy atom. The molecule has 0 aromatic carbocycles. The molecule has 0 saturated heterocycles. The Hall–Kier alpha value is -0.570. The van der Waals surface area contributed by atoms with Crippen molar-refractivity contribution in [2.45, 2.75) is 45.6 Å². The van der Waals surface area contributed by atoms with E-state index in [4.69, 9.17) is 10.5 Å². The molecule has 1 rings (SSSR count). The van der Waals surface area contributed by atoms with Crippen LogP contribution in [0.25, 0.3) is 0 Å². The van der Waals surface area contributed by atoms with E-state index in [0.29, 0.717) is 6.54 Å². The maximum Gasteiger partial charge on any atom is 0.0992 e. The van der Waals surface area contributed by atoms with Gasteiger partial charge in [-0.25, -0.2) is 0 Å². The van der Waals surface area contributed by atoms with Crippen molar-refractivity contribution in [1.82, 2.24) is 0 Å². The van der Waals surface area contributed by atoms with Crippen LogP contribution in [-0.4, -0.2) is 25.1 Å². The molecule has 0 amide bonds. The lowest BCUT2D eigenvalue weighted by Gasteiger charge is -2.39. The summed E-state index contributed by atoms with van der Waals surface area (Å²) < 4.78 is 5.47. The van der Waals surface area contributed by atoms with Crippen LogP contribution >= 0.6 is 0 Å². The Morgan fingerprint density at radius 1 is 1.43 bits per heavy atom. The summed E-state index contributed by atoms with van der Waals surface area (Å²) in [5, 5.41) is 0. The molecule has 1 saturated carbocycles. The van der Waals surface area contributed by atoms with Gasteiger partial charge in [-0.1, -0.05) is 20.8 Å². The summed E-state index contributed by atoms with van der Waals surface area (Å²) in [6, 6.07) is 0. The van der Waals surface area contributed by atoms with E-state index in [1.54, 1.807) is 7.11 Å². The summed E-state index contributed by atoms with van der Waals surface area (Å²) in [5.74, 6) is 0.723. The summed E-state index contributed by atoms with van der Waals surface area (Å²) in [7, 11) is 1.77. The van der Waals surface area contributed by atoms with Crippen molar-refractivity contribution in [3.8, 4) is 0 Å². The minimum atomic E-state index is -0.0291. The van der Waals surface area contributed by atoms with Crippen LogP contribution < -0.4 is 5.73 Å². The third-order valence-corrected chi connectivity index (χ3v) is 3.00. The zero-order chi connectivity index (χ0) is 10.8. The van der Waals surface area contributed by atoms with Crippen molar-refractivity contribution < 1.29 is 4.74 Å². The van der Waals surface area contributed by atoms with Crippen LogP contribution in [0.2, 0.25) is 0 Å².